The second-order valence-corrected chi connectivity index (χ2v) is 4.28. The maximum Gasteiger partial charge on any atom is 0.0606 e. The van der Waals surface area contributed by atoms with Crippen molar-refractivity contribution >= 4 is 0 Å². The molecule has 2 nitrogen and oxygen atoms in total. The molecule has 0 heterocycles. The van der Waals surface area contributed by atoms with E-state index < -0.39 is 0 Å². The van der Waals surface area contributed by atoms with Crippen LogP contribution in [0, 0.1) is 63.2 Å². The Balaban J connectivity index is 0.000000324. The molecule has 2 aliphatic rings. The summed E-state index contributed by atoms with van der Waals surface area (Å²) in [5.74, 6) is 2.05. The number of aliphatic hydroxyl groups is 2. The third-order valence-corrected chi connectivity index (χ3v) is 2.92. The van der Waals surface area contributed by atoms with Crippen LogP contribution in [0.5, 0.6) is 0 Å². The molecule has 0 aromatic heterocycles. The summed E-state index contributed by atoms with van der Waals surface area (Å²) in [6.07, 6.45) is 16.6. The van der Waals surface area contributed by atoms with Crippen molar-refractivity contribution in [2.75, 3.05) is 0 Å². The molecule has 2 aliphatic carbocycles. The number of rotatable bonds is 4. The summed E-state index contributed by atoms with van der Waals surface area (Å²) >= 11 is 0. The summed E-state index contributed by atoms with van der Waals surface area (Å²) in [6.45, 7) is 3.94. The quantitative estimate of drug-likeness (QED) is 0.783. The molecule has 2 N–H and O–H groups in total. The van der Waals surface area contributed by atoms with E-state index in [0.717, 1.165) is 24.7 Å². The van der Waals surface area contributed by atoms with Gasteiger partial charge in [0.1, 0.15) is 0 Å². The molecule has 0 unspecified atom stereocenters. The molecule has 2 fully saturated rings. The molecule has 0 spiro atoms. The Kier molecular flexibility index (Phi) is 11.4. The van der Waals surface area contributed by atoms with E-state index in [1.54, 1.807) is 0 Å². The molecule has 0 aliphatic heterocycles. The van der Waals surface area contributed by atoms with Crippen molar-refractivity contribution in [3.05, 3.63) is 63.2 Å². The molecule has 0 bridgehead atoms. The van der Waals surface area contributed by atoms with Crippen molar-refractivity contribution in [1.82, 2.24) is 0 Å². The molecule has 3 heteroatoms. The summed E-state index contributed by atoms with van der Waals surface area (Å²) in [6, 6.07) is 0. The third kappa shape index (κ3) is 7.13. The van der Waals surface area contributed by atoms with Gasteiger partial charge >= 0.3 is 0 Å². The molecular weight excluding hydrogens is 280 g/mol. The summed E-state index contributed by atoms with van der Waals surface area (Å²) < 4.78 is 0. The van der Waals surface area contributed by atoms with Crippen molar-refractivity contribution in [3.8, 4) is 0 Å². The molecule has 106 valence electrons. The van der Waals surface area contributed by atoms with Crippen molar-refractivity contribution < 1.29 is 27.3 Å². The smallest absolute Gasteiger partial charge is 0.0606 e. The minimum absolute atomic E-state index is 0. The first-order chi connectivity index (χ1) is 8.69. The van der Waals surface area contributed by atoms with E-state index in [4.69, 9.17) is 0 Å². The van der Waals surface area contributed by atoms with Crippen LogP contribution in [0.4, 0.5) is 0 Å². The van der Waals surface area contributed by atoms with E-state index in [0.29, 0.717) is 0 Å². The van der Waals surface area contributed by atoms with E-state index in [1.165, 1.54) is 0 Å². The van der Waals surface area contributed by atoms with E-state index in [1.807, 2.05) is 65.2 Å². The van der Waals surface area contributed by atoms with Crippen LogP contribution in [0.1, 0.15) is 26.7 Å². The first-order valence-electron chi connectivity index (χ1n) is 6.48. The Labute approximate surface area is 129 Å². The van der Waals surface area contributed by atoms with E-state index in [-0.39, 0.29) is 29.3 Å². The molecule has 2 atom stereocenters. The predicted molar refractivity (Wildman–Crippen MR) is 73.5 cm³/mol. The third-order valence-electron chi connectivity index (χ3n) is 2.92. The van der Waals surface area contributed by atoms with Gasteiger partial charge in [-0.3, -0.25) is 0 Å². The van der Waals surface area contributed by atoms with Crippen LogP contribution in [0.15, 0.2) is 0 Å². The molecule has 19 heavy (non-hydrogen) atoms. The van der Waals surface area contributed by atoms with Gasteiger partial charge in [0.25, 0.3) is 0 Å². The topological polar surface area (TPSA) is 40.5 Å². The van der Waals surface area contributed by atoms with Crippen LogP contribution in [0.3, 0.4) is 0 Å². The zero-order chi connectivity index (χ0) is 13.4. The Morgan fingerprint density at radius 3 is 1.21 bits per heavy atom. The Hall–Kier alpha value is 0.439. The zero-order valence-corrected chi connectivity index (χ0v) is 12.5. The van der Waals surface area contributed by atoms with Gasteiger partial charge in [0.15, 0.2) is 0 Å². The number of hydrogen-bond acceptors (Lipinski definition) is 2. The Bertz CT molecular complexity index is 177. The van der Waals surface area contributed by atoms with Crippen LogP contribution in [-0.2, 0) is 17.1 Å². The Morgan fingerprint density at radius 2 is 1.00 bits per heavy atom. The Morgan fingerprint density at radius 1 is 0.737 bits per heavy atom. The fourth-order valence-electron chi connectivity index (χ4n) is 1.69. The van der Waals surface area contributed by atoms with Crippen molar-refractivity contribution in [2.24, 2.45) is 0 Å². The van der Waals surface area contributed by atoms with Crippen molar-refractivity contribution in [2.45, 2.75) is 38.9 Å². The summed E-state index contributed by atoms with van der Waals surface area (Å²) in [7, 11) is 0. The predicted octanol–water partition coefficient (Wildman–Crippen LogP) is 2.32. The number of aliphatic hydroxyl groups excluding tert-OH is 2. The molecule has 10 radical (unpaired) electrons. The first-order valence-corrected chi connectivity index (χ1v) is 6.48. The van der Waals surface area contributed by atoms with Gasteiger partial charge in [-0.25, -0.2) is 0 Å². The maximum absolute atomic E-state index is 9.22. The van der Waals surface area contributed by atoms with Gasteiger partial charge in [0.2, 0.25) is 0 Å². The van der Waals surface area contributed by atoms with Gasteiger partial charge in [0.05, 0.1) is 12.2 Å². The van der Waals surface area contributed by atoms with Crippen LogP contribution >= 0.6 is 0 Å². The zero-order valence-electron chi connectivity index (χ0n) is 11.4. The average molecular weight is 302 g/mol. The van der Waals surface area contributed by atoms with Crippen molar-refractivity contribution in [1.29, 1.82) is 0 Å². The minimum atomic E-state index is -0.264. The van der Waals surface area contributed by atoms with Crippen LogP contribution in [-0.4, -0.2) is 22.4 Å². The summed E-state index contributed by atoms with van der Waals surface area (Å²) in [5.41, 5.74) is 0. The van der Waals surface area contributed by atoms with Gasteiger partial charge in [-0.15, -0.1) is 0 Å². The second kappa shape index (κ2) is 11.1. The second-order valence-electron chi connectivity index (χ2n) is 4.28. The fraction of sp³-hybridized carbons (Fsp3) is 0.375. The molecule has 0 aromatic rings. The van der Waals surface area contributed by atoms with Gasteiger partial charge in [-0.2, -0.15) is 0 Å². The maximum atomic E-state index is 9.22. The molecule has 0 amide bonds. The summed E-state index contributed by atoms with van der Waals surface area (Å²) in [4.78, 5) is 0. The fourth-order valence-corrected chi connectivity index (χ4v) is 1.69. The molecule has 0 saturated heterocycles. The SMILES string of the molecule is CC[C@@H](O)[C]1[CH][CH][CH][CH]1.CC[C@@H](O)[C]1[CH][CH][CH][CH]1.[Fe]. The number of hydrogen-bond donors (Lipinski definition) is 2. The first kappa shape index (κ1) is 19.4. The molecule has 0 aromatic carbocycles. The van der Waals surface area contributed by atoms with Crippen LogP contribution < -0.4 is 0 Å². The van der Waals surface area contributed by atoms with Gasteiger partial charge in [-0.05, 0) is 64.2 Å². The van der Waals surface area contributed by atoms with Gasteiger partial charge in [0, 0.05) is 28.9 Å². The van der Waals surface area contributed by atoms with Crippen molar-refractivity contribution in [3.63, 3.8) is 0 Å². The molecule has 2 rings (SSSR count). The average Bonchev–Trinajstić information content (AvgIpc) is 3.09. The largest absolute Gasteiger partial charge is 0.393 e. The van der Waals surface area contributed by atoms with E-state index in [2.05, 4.69) is 0 Å². The molecular formula is C16H22FeO2. The van der Waals surface area contributed by atoms with E-state index >= 15 is 0 Å². The van der Waals surface area contributed by atoms with Gasteiger partial charge in [-0.1, -0.05) is 13.8 Å². The van der Waals surface area contributed by atoms with Crippen LogP contribution in [0.2, 0.25) is 0 Å². The van der Waals surface area contributed by atoms with E-state index in [9.17, 15) is 10.2 Å². The molecule has 2 saturated carbocycles. The normalized spacial score (nSPS) is 23.4. The van der Waals surface area contributed by atoms with Gasteiger partial charge < -0.3 is 10.2 Å². The van der Waals surface area contributed by atoms with Crippen LogP contribution in [0.25, 0.3) is 0 Å². The minimum Gasteiger partial charge on any atom is -0.393 e. The summed E-state index contributed by atoms with van der Waals surface area (Å²) in [5, 5.41) is 18.4. The standard InChI is InChI=1S/2C8H11O.Fe/c2*1-2-8(9)7-5-3-4-6-7;/h2*3-6,8-9H,2H2,1H3;/t2*8-;/m11./s1. The monoisotopic (exact) mass is 302 g/mol.